The van der Waals surface area contributed by atoms with Gasteiger partial charge in [0.05, 0.1) is 17.1 Å². The highest BCUT2D eigenvalue weighted by Crippen LogP contribution is 2.27. The number of nitrogens with one attached hydrogen (secondary N) is 1. The van der Waals surface area contributed by atoms with Crippen LogP contribution in [0.15, 0.2) is 46.8 Å². The molecule has 1 aliphatic heterocycles. The number of aromatic nitrogens is 1. The molecule has 0 radical (unpaired) electrons. The van der Waals surface area contributed by atoms with Gasteiger partial charge in [-0.05, 0) is 36.6 Å². The number of ether oxygens (including phenoxy) is 1. The smallest absolute Gasteiger partial charge is 0.414 e. The Bertz CT molecular complexity index is 946. The number of primary amides is 1. The second-order valence-electron chi connectivity index (χ2n) is 6.11. The predicted octanol–water partition coefficient (Wildman–Crippen LogP) is 2.90. The molecule has 1 aromatic rings. The number of hydrogen-bond acceptors (Lipinski definition) is 4. The maximum absolute atomic E-state index is 12.0. The molecule has 1 aliphatic carbocycles. The lowest BCUT2D eigenvalue weighted by atomic mass is 10.1. The molecule has 1 aromatic heterocycles. The van der Waals surface area contributed by atoms with Gasteiger partial charge in [-0.2, -0.15) is 0 Å². The van der Waals surface area contributed by atoms with E-state index in [0.29, 0.717) is 42.6 Å². The number of halogens is 2. The van der Waals surface area contributed by atoms with Crippen LogP contribution in [0, 0.1) is 5.41 Å². The Morgan fingerprint density at radius 2 is 2.11 bits per heavy atom. The second-order valence-corrected chi connectivity index (χ2v) is 6.98. The summed E-state index contributed by atoms with van der Waals surface area (Å²) in [4.78, 5) is 25.1. The van der Waals surface area contributed by atoms with Gasteiger partial charge in [0, 0.05) is 23.5 Å². The summed E-state index contributed by atoms with van der Waals surface area (Å²) in [5.74, 6) is -0.705. The molecule has 0 bridgehead atoms. The molecule has 0 unspecified atom stereocenters. The molecule has 0 spiro atoms. The van der Waals surface area contributed by atoms with Crippen LogP contribution in [0.5, 0.6) is 0 Å². The Hall–Kier alpha value is -2.51. The molecule has 2 amide bonds. The lowest BCUT2D eigenvalue weighted by Crippen LogP contribution is -2.30. The van der Waals surface area contributed by atoms with E-state index in [-0.39, 0.29) is 11.1 Å². The number of cyclic esters (lactones) is 1. The van der Waals surface area contributed by atoms with E-state index in [1.807, 2.05) is 6.08 Å². The van der Waals surface area contributed by atoms with E-state index in [1.54, 1.807) is 27.8 Å². The fraction of sp³-hybridized carbons (Fsp3) is 0.278. The molecule has 27 heavy (non-hydrogen) atoms. The van der Waals surface area contributed by atoms with Crippen molar-refractivity contribution in [1.82, 2.24) is 9.47 Å². The molecule has 142 valence electrons. The van der Waals surface area contributed by atoms with E-state index >= 15 is 0 Å². The number of pyridine rings is 1. The summed E-state index contributed by atoms with van der Waals surface area (Å²) in [6.07, 6.45) is 7.67. The maximum Gasteiger partial charge on any atom is 0.414 e. The summed E-state index contributed by atoms with van der Waals surface area (Å²) in [5.41, 5.74) is 7.08. The molecule has 1 saturated heterocycles. The SMILES string of the molecule is N=c1c(C(N)=O)cc(Cl)cn1CCC1=C(N2CCOC2=O)C=CC(Cl)=CC1. The molecule has 3 N–H and O–H groups in total. The zero-order chi connectivity index (χ0) is 19.6. The highest BCUT2D eigenvalue weighted by atomic mass is 35.5. The van der Waals surface area contributed by atoms with Gasteiger partial charge >= 0.3 is 6.09 Å². The molecule has 2 aliphatic rings. The third-order valence-electron chi connectivity index (χ3n) is 4.38. The third kappa shape index (κ3) is 4.26. The van der Waals surface area contributed by atoms with Crippen LogP contribution in [0.25, 0.3) is 0 Å². The number of aryl methyl sites for hydroxylation is 1. The first kappa shape index (κ1) is 19.3. The van der Waals surface area contributed by atoms with Crippen molar-refractivity contribution in [3.05, 3.63) is 62.9 Å². The number of nitrogens with two attached hydrogens (primary N) is 1. The minimum atomic E-state index is -0.705. The van der Waals surface area contributed by atoms with Gasteiger partial charge < -0.3 is 15.0 Å². The number of amides is 2. The zero-order valence-electron chi connectivity index (χ0n) is 14.4. The van der Waals surface area contributed by atoms with Gasteiger partial charge in [-0.25, -0.2) is 4.79 Å². The maximum atomic E-state index is 12.0. The highest BCUT2D eigenvalue weighted by molar-refractivity contribution is 6.31. The normalized spacial score (nSPS) is 17.0. The van der Waals surface area contributed by atoms with Crippen LogP contribution in [-0.4, -0.2) is 34.6 Å². The van der Waals surface area contributed by atoms with E-state index in [9.17, 15) is 9.59 Å². The lowest BCUT2D eigenvalue weighted by molar-refractivity contribution is 0.0997. The van der Waals surface area contributed by atoms with Crippen LogP contribution in [0.2, 0.25) is 5.02 Å². The molecular formula is C18H18Cl2N4O3. The molecule has 0 aromatic carbocycles. The van der Waals surface area contributed by atoms with Gasteiger partial charge in [-0.1, -0.05) is 29.3 Å². The van der Waals surface area contributed by atoms with E-state index < -0.39 is 12.0 Å². The van der Waals surface area contributed by atoms with E-state index in [0.717, 1.165) is 11.3 Å². The lowest BCUT2D eigenvalue weighted by Gasteiger charge is -2.19. The Balaban J connectivity index is 1.91. The minimum absolute atomic E-state index is 0.00706. The quantitative estimate of drug-likeness (QED) is 0.782. The van der Waals surface area contributed by atoms with Crippen molar-refractivity contribution in [2.45, 2.75) is 19.4 Å². The molecule has 0 atom stereocenters. The van der Waals surface area contributed by atoms with Gasteiger partial charge in [-0.3, -0.25) is 15.1 Å². The zero-order valence-corrected chi connectivity index (χ0v) is 15.9. The first-order chi connectivity index (χ1) is 12.9. The summed E-state index contributed by atoms with van der Waals surface area (Å²) in [7, 11) is 0. The monoisotopic (exact) mass is 408 g/mol. The first-order valence-electron chi connectivity index (χ1n) is 8.31. The van der Waals surface area contributed by atoms with E-state index in [1.165, 1.54) is 6.07 Å². The van der Waals surface area contributed by atoms with Crippen molar-refractivity contribution in [3.63, 3.8) is 0 Å². The number of rotatable bonds is 5. The Morgan fingerprint density at radius 3 is 2.78 bits per heavy atom. The van der Waals surface area contributed by atoms with Crippen LogP contribution < -0.4 is 11.2 Å². The number of carbonyl (C=O) groups excluding carboxylic acids is 2. The van der Waals surface area contributed by atoms with Crippen molar-refractivity contribution in [1.29, 1.82) is 5.41 Å². The average molecular weight is 409 g/mol. The van der Waals surface area contributed by atoms with Crippen LogP contribution in [-0.2, 0) is 11.3 Å². The minimum Gasteiger partial charge on any atom is -0.447 e. The van der Waals surface area contributed by atoms with Crippen LogP contribution >= 0.6 is 23.2 Å². The van der Waals surface area contributed by atoms with Crippen molar-refractivity contribution >= 4 is 35.2 Å². The molecule has 3 rings (SSSR count). The number of carbonyl (C=O) groups is 2. The van der Waals surface area contributed by atoms with Crippen LogP contribution in [0.3, 0.4) is 0 Å². The average Bonchev–Trinajstić information content (AvgIpc) is 2.95. The number of hydrogen-bond donors (Lipinski definition) is 2. The van der Waals surface area contributed by atoms with Crippen LogP contribution in [0.4, 0.5) is 4.79 Å². The number of nitrogens with zero attached hydrogens (tertiary/aromatic N) is 2. The molecule has 7 nitrogen and oxygen atoms in total. The summed E-state index contributed by atoms with van der Waals surface area (Å²) >= 11 is 12.2. The van der Waals surface area contributed by atoms with Crippen molar-refractivity contribution in [2.24, 2.45) is 5.73 Å². The van der Waals surface area contributed by atoms with Gasteiger partial charge in [0.15, 0.2) is 0 Å². The third-order valence-corrected chi connectivity index (χ3v) is 4.87. The predicted molar refractivity (Wildman–Crippen MR) is 101 cm³/mol. The number of allylic oxidation sites excluding steroid dienone is 5. The van der Waals surface area contributed by atoms with Gasteiger partial charge in [0.25, 0.3) is 5.91 Å². The Kier molecular flexibility index (Phi) is 5.72. The summed E-state index contributed by atoms with van der Waals surface area (Å²) < 4.78 is 6.60. The fourth-order valence-electron chi connectivity index (χ4n) is 3.02. The Morgan fingerprint density at radius 1 is 1.33 bits per heavy atom. The summed E-state index contributed by atoms with van der Waals surface area (Å²) in [6, 6.07) is 1.38. The van der Waals surface area contributed by atoms with E-state index in [4.69, 9.17) is 39.1 Å². The largest absolute Gasteiger partial charge is 0.447 e. The van der Waals surface area contributed by atoms with Gasteiger partial charge in [-0.15, -0.1) is 0 Å². The molecule has 2 heterocycles. The summed E-state index contributed by atoms with van der Waals surface area (Å²) in [5, 5.41) is 9.08. The molecular weight excluding hydrogens is 391 g/mol. The van der Waals surface area contributed by atoms with Gasteiger partial charge in [0.1, 0.15) is 12.1 Å². The second kappa shape index (κ2) is 8.02. The molecule has 0 saturated carbocycles. The molecule has 9 heteroatoms. The first-order valence-corrected chi connectivity index (χ1v) is 9.07. The summed E-state index contributed by atoms with van der Waals surface area (Å²) in [6.45, 7) is 1.20. The topological polar surface area (TPSA) is 101 Å². The van der Waals surface area contributed by atoms with E-state index in [2.05, 4.69) is 0 Å². The van der Waals surface area contributed by atoms with Gasteiger partial charge in [0.2, 0.25) is 0 Å². The fourth-order valence-corrected chi connectivity index (χ4v) is 3.39. The van der Waals surface area contributed by atoms with Crippen LogP contribution in [0.1, 0.15) is 23.2 Å². The highest BCUT2D eigenvalue weighted by Gasteiger charge is 2.26. The van der Waals surface area contributed by atoms with Crippen molar-refractivity contribution in [2.75, 3.05) is 13.2 Å². The Labute approximate surface area is 165 Å². The standard InChI is InChI=1S/C18H18Cl2N4O3/c19-12-2-1-11(15(4-3-12)24-7-8-27-18(24)26)5-6-23-10-13(20)9-14(16(23)21)17(22)25/h2-4,9-10,21H,1,5-8H2,(H2,22,25). The van der Waals surface area contributed by atoms with Crippen molar-refractivity contribution < 1.29 is 14.3 Å². The molecule has 1 fully saturated rings. The van der Waals surface area contributed by atoms with Crippen molar-refractivity contribution in [3.8, 4) is 0 Å².